The van der Waals surface area contributed by atoms with Crippen molar-refractivity contribution in [2.45, 2.75) is 6.54 Å². The highest BCUT2D eigenvalue weighted by Gasteiger charge is 2.13. The minimum Gasteiger partial charge on any atom is -0.480 e. The average molecular weight is 310 g/mol. The first-order valence-corrected chi connectivity index (χ1v) is 6.78. The van der Waals surface area contributed by atoms with Crippen molar-refractivity contribution in [2.75, 3.05) is 11.4 Å². The molecule has 0 fully saturated rings. The lowest BCUT2D eigenvalue weighted by molar-refractivity contribution is -0.135. The standard InChI is InChI=1S/C15H13Cl2NO2/c16-13-8-4-5-11(15(13)17)9-18(10-14(19)20)12-6-2-1-3-7-12/h1-8H,9-10H2,(H,19,20). The van der Waals surface area contributed by atoms with E-state index in [1.54, 1.807) is 17.0 Å². The van der Waals surface area contributed by atoms with Crippen molar-refractivity contribution in [3.63, 3.8) is 0 Å². The molecule has 0 aliphatic heterocycles. The summed E-state index contributed by atoms with van der Waals surface area (Å²) in [5, 5.41) is 9.97. The van der Waals surface area contributed by atoms with Crippen molar-refractivity contribution in [1.82, 2.24) is 0 Å². The molecule has 0 aliphatic carbocycles. The summed E-state index contributed by atoms with van der Waals surface area (Å²) in [5.74, 6) is -0.896. The Hall–Kier alpha value is -1.71. The van der Waals surface area contributed by atoms with E-state index in [2.05, 4.69) is 0 Å². The molecule has 0 bridgehead atoms. The van der Waals surface area contributed by atoms with E-state index in [0.717, 1.165) is 11.3 Å². The normalized spacial score (nSPS) is 10.3. The van der Waals surface area contributed by atoms with E-state index in [1.807, 2.05) is 36.4 Å². The number of hydrogen-bond donors (Lipinski definition) is 1. The summed E-state index contributed by atoms with van der Waals surface area (Å²) in [7, 11) is 0. The number of aliphatic carboxylic acids is 1. The Morgan fingerprint density at radius 3 is 2.40 bits per heavy atom. The van der Waals surface area contributed by atoms with Crippen LogP contribution in [0.3, 0.4) is 0 Å². The van der Waals surface area contributed by atoms with Crippen molar-refractivity contribution in [1.29, 1.82) is 0 Å². The molecule has 0 amide bonds. The Balaban J connectivity index is 2.29. The molecule has 0 atom stereocenters. The van der Waals surface area contributed by atoms with E-state index in [9.17, 15) is 4.79 Å². The quantitative estimate of drug-likeness (QED) is 0.904. The Morgan fingerprint density at radius 1 is 1.05 bits per heavy atom. The molecule has 0 saturated carbocycles. The number of rotatable bonds is 5. The molecular weight excluding hydrogens is 297 g/mol. The lowest BCUT2D eigenvalue weighted by Crippen LogP contribution is -2.29. The Morgan fingerprint density at radius 2 is 1.75 bits per heavy atom. The average Bonchev–Trinajstić information content (AvgIpc) is 2.43. The number of benzene rings is 2. The van der Waals surface area contributed by atoms with Crippen LogP contribution >= 0.6 is 23.2 Å². The van der Waals surface area contributed by atoms with Gasteiger partial charge >= 0.3 is 5.97 Å². The van der Waals surface area contributed by atoms with Gasteiger partial charge in [0, 0.05) is 12.2 Å². The molecule has 5 heteroatoms. The van der Waals surface area contributed by atoms with E-state index in [4.69, 9.17) is 28.3 Å². The molecule has 0 heterocycles. The van der Waals surface area contributed by atoms with Gasteiger partial charge in [0.05, 0.1) is 10.0 Å². The van der Waals surface area contributed by atoms with E-state index in [1.165, 1.54) is 0 Å². The third-order valence-corrected chi connectivity index (χ3v) is 3.70. The van der Waals surface area contributed by atoms with Crippen LogP contribution in [0.15, 0.2) is 48.5 Å². The second-order valence-electron chi connectivity index (χ2n) is 4.30. The predicted octanol–water partition coefficient (Wildman–Crippen LogP) is 4.08. The number of carboxylic acids is 1. The van der Waals surface area contributed by atoms with Crippen molar-refractivity contribution in [3.05, 3.63) is 64.1 Å². The molecule has 104 valence electrons. The van der Waals surface area contributed by atoms with Gasteiger partial charge in [0.15, 0.2) is 0 Å². The van der Waals surface area contributed by atoms with Gasteiger partial charge in [-0.2, -0.15) is 0 Å². The summed E-state index contributed by atoms with van der Waals surface area (Å²) >= 11 is 12.1. The van der Waals surface area contributed by atoms with Crippen molar-refractivity contribution in [2.24, 2.45) is 0 Å². The fourth-order valence-electron chi connectivity index (χ4n) is 1.92. The number of para-hydroxylation sites is 1. The summed E-state index contributed by atoms with van der Waals surface area (Å²) in [6.45, 7) is 0.280. The Labute approximate surface area is 127 Å². The Bertz CT molecular complexity index is 602. The van der Waals surface area contributed by atoms with Crippen LogP contribution in [0.1, 0.15) is 5.56 Å². The molecule has 3 nitrogen and oxygen atoms in total. The maximum absolute atomic E-state index is 11.0. The van der Waals surface area contributed by atoms with Gasteiger partial charge in [-0.25, -0.2) is 0 Å². The zero-order valence-electron chi connectivity index (χ0n) is 10.6. The molecule has 2 aromatic carbocycles. The fraction of sp³-hybridized carbons (Fsp3) is 0.133. The van der Waals surface area contributed by atoms with Gasteiger partial charge in [0.25, 0.3) is 0 Å². The highest BCUT2D eigenvalue weighted by molar-refractivity contribution is 6.42. The second kappa shape index (κ2) is 6.64. The molecular formula is C15H13Cl2NO2. The van der Waals surface area contributed by atoms with Gasteiger partial charge in [-0.3, -0.25) is 4.79 Å². The molecule has 0 spiro atoms. The molecule has 1 N–H and O–H groups in total. The van der Waals surface area contributed by atoms with Crippen LogP contribution in [0.5, 0.6) is 0 Å². The third kappa shape index (κ3) is 3.65. The molecule has 0 aromatic heterocycles. The maximum atomic E-state index is 11.0. The highest BCUT2D eigenvalue weighted by Crippen LogP contribution is 2.27. The first kappa shape index (κ1) is 14.7. The zero-order chi connectivity index (χ0) is 14.5. The molecule has 20 heavy (non-hydrogen) atoms. The second-order valence-corrected chi connectivity index (χ2v) is 5.08. The van der Waals surface area contributed by atoms with Gasteiger partial charge in [-0.05, 0) is 23.8 Å². The van der Waals surface area contributed by atoms with Crippen molar-refractivity contribution in [3.8, 4) is 0 Å². The summed E-state index contributed by atoms with van der Waals surface area (Å²) < 4.78 is 0. The summed E-state index contributed by atoms with van der Waals surface area (Å²) in [6, 6.07) is 14.7. The number of nitrogens with zero attached hydrogens (tertiary/aromatic N) is 1. The predicted molar refractivity (Wildman–Crippen MR) is 81.6 cm³/mol. The zero-order valence-corrected chi connectivity index (χ0v) is 12.1. The lowest BCUT2D eigenvalue weighted by atomic mass is 10.2. The maximum Gasteiger partial charge on any atom is 0.323 e. The van der Waals surface area contributed by atoms with Gasteiger partial charge in [-0.15, -0.1) is 0 Å². The lowest BCUT2D eigenvalue weighted by Gasteiger charge is -2.23. The molecule has 0 radical (unpaired) electrons. The van der Waals surface area contributed by atoms with Crippen LogP contribution in [-0.4, -0.2) is 17.6 Å². The number of anilines is 1. The van der Waals surface area contributed by atoms with Crippen LogP contribution in [0.2, 0.25) is 10.0 Å². The van der Waals surface area contributed by atoms with Crippen molar-refractivity contribution < 1.29 is 9.90 Å². The first-order chi connectivity index (χ1) is 9.58. The van der Waals surface area contributed by atoms with Crippen LogP contribution in [0.4, 0.5) is 5.69 Å². The number of halogens is 2. The minimum atomic E-state index is -0.896. The van der Waals surface area contributed by atoms with Crippen LogP contribution in [-0.2, 0) is 11.3 Å². The van der Waals surface area contributed by atoms with Gasteiger partial charge in [0.2, 0.25) is 0 Å². The molecule has 2 rings (SSSR count). The van der Waals surface area contributed by atoms with Crippen LogP contribution < -0.4 is 4.90 Å². The summed E-state index contributed by atoms with van der Waals surface area (Å²) in [5.41, 5.74) is 1.62. The highest BCUT2D eigenvalue weighted by atomic mass is 35.5. The topological polar surface area (TPSA) is 40.5 Å². The van der Waals surface area contributed by atoms with Gasteiger partial charge in [0.1, 0.15) is 6.54 Å². The molecule has 0 aliphatic rings. The van der Waals surface area contributed by atoms with E-state index < -0.39 is 5.97 Å². The molecule has 0 saturated heterocycles. The summed E-state index contributed by atoms with van der Waals surface area (Å²) in [6.07, 6.45) is 0. The number of carboxylic acid groups (broad SMARTS) is 1. The van der Waals surface area contributed by atoms with Crippen LogP contribution in [0, 0.1) is 0 Å². The number of hydrogen-bond acceptors (Lipinski definition) is 2. The van der Waals surface area contributed by atoms with Gasteiger partial charge in [-0.1, -0.05) is 53.5 Å². The Kier molecular flexibility index (Phi) is 4.88. The molecule has 0 unspecified atom stereocenters. The monoisotopic (exact) mass is 309 g/mol. The van der Waals surface area contributed by atoms with Crippen molar-refractivity contribution >= 4 is 34.9 Å². The van der Waals surface area contributed by atoms with E-state index in [-0.39, 0.29) is 6.54 Å². The SMILES string of the molecule is O=C(O)CN(Cc1cccc(Cl)c1Cl)c1ccccc1. The first-order valence-electron chi connectivity index (χ1n) is 6.02. The van der Waals surface area contributed by atoms with E-state index >= 15 is 0 Å². The molecule has 2 aromatic rings. The fourth-order valence-corrected chi connectivity index (χ4v) is 2.30. The third-order valence-electron chi connectivity index (χ3n) is 2.84. The smallest absolute Gasteiger partial charge is 0.323 e. The minimum absolute atomic E-state index is 0.104. The largest absolute Gasteiger partial charge is 0.480 e. The number of carbonyl (C=O) groups is 1. The summed E-state index contributed by atoms with van der Waals surface area (Å²) in [4.78, 5) is 12.8. The van der Waals surface area contributed by atoms with Crippen LogP contribution in [0.25, 0.3) is 0 Å². The van der Waals surface area contributed by atoms with E-state index in [0.29, 0.717) is 16.6 Å². The van der Waals surface area contributed by atoms with Gasteiger partial charge < -0.3 is 10.0 Å².